The molecule has 0 unspecified atom stereocenters. The Hall–Kier alpha value is -4.65. The number of furan rings is 1. The van der Waals surface area contributed by atoms with Crippen molar-refractivity contribution in [1.82, 2.24) is 0 Å². The molecule has 7 nitrogen and oxygen atoms in total. The molecule has 0 spiro atoms. The lowest BCUT2D eigenvalue weighted by Gasteiger charge is -2.09. The predicted octanol–water partition coefficient (Wildman–Crippen LogP) is 5.97. The molecule has 0 saturated carbocycles. The van der Waals surface area contributed by atoms with E-state index in [1.54, 1.807) is 42.5 Å². The van der Waals surface area contributed by atoms with E-state index in [1.165, 1.54) is 0 Å². The number of amides is 2. The summed E-state index contributed by atoms with van der Waals surface area (Å²) in [7, 11) is 0. The standard InChI is InChI=1S/C28H22N2O5/c1-15-8-10-18(11-9-15)29-28(33)26-24(19-6-4-5-7-22(19)34-26)30-27(32)23-14-21(31)20-13-16(2)12-17(3)25(20)35-23/h4-14H,1-3H3,(H,29,33)(H,30,32). The summed E-state index contributed by atoms with van der Waals surface area (Å²) in [5.41, 5.74) is 3.97. The SMILES string of the molecule is Cc1ccc(NC(=O)c2oc3ccccc3c2NC(=O)c2cc(=O)c3cc(C)cc(C)c3o2)cc1. The summed E-state index contributed by atoms with van der Waals surface area (Å²) in [5, 5.41) is 6.47. The lowest BCUT2D eigenvalue weighted by molar-refractivity contribution is 0.0996. The number of nitrogens with one attached hydrogen (secondary N) is 2. The van der Waals surface area contributed by atoms with E-state index >= 15 is 0 Å². The second kappa shape index (κ2) is 8.61. The number of carbonyl (C=O) groups excluding carboxylic acids is 2. The highest BCUT2D eigenvalue weighted by molar-refractivity contribution is 6.16. The van der Waals surface area contributed by atoms with Crippen molar-refractivity contribution in [3.63, 3.8) is 0 Å². The van der Waals surface area contributed by atoms with Gasteiger partial charge >= 0.3 is 0 Å². The third-order valence-electron chi connectivity index (χ3n) is 5.73. The quantitative estimate of drug-likeness (QED) is 0.340. The molecule has 0 aliphatic rings. The highest BCUT2D eigenvalue weighted by Crippen LogP contribution is 2.32. The Morgan fingerprint density at radius 3 is 2.26 bits per heavy atom. The maximum absolute atomic E-state index is 13.2. The number of aryl methyl sites for hydroxylation is 3. The van der Waals surface area contributed by atoms with Crippen LogP contribution < -0.4 is 16.1 Å². The smallest absolute Gasteiger partial charge is 0.293 e. The van der Waals surface area contributed by atoms with E-state index in [-0.39, 0.29) is 22.6 Å². The third kappa shape index (κ3) is 4.19. The van der Waals surface area contributed by atoms with Gasteiger partial charge in [0.05, 0.1) is 5.39 Å². The summed E-state index contributed by atoms with van der Waals surface area (Å²) in [4.78, 5) is 39.0. The van der Waals surface area contributed by atoms with E-state index in [9.17, 15) is 14.4 Å². The number of hydrogen-bond acceptors (Lipinski definition) is 5. The van der Waals surface area contributed by atoms with Gasteiger partial charge in [-0.05, 0) is 62.2 Å². The van der Waals surface area contributed by atoms with Crippen LogP contribution >= 0.6 is 0 Å². The van der Waals surface area contributed by atoms with Gasteiger partial charge < -0.3 is 19.5 Å². The molecule has 3 aromatic carbocycles. The summed E-state index contributed by atoms with van der Waals surface area (Å²) >= 11 is 0. The van der Waals surface area contributed by atoms with Gasteiger partial charge in [-0.25, -0.2) is 0 Å². The molecule has 35 heavy (non-hydrogen) atoms. The number of para-hydroxylation sites is 1. The number of rotatable bonds is 4. The monoisotopic (exact) mass is 466 g/mol. The van der Waals surface area contributed by atoms with Crippen LogP contribution in [0.25, 0.3) is 21.9 Å². The summed E-state index contributed by atoms with van der Waals surface area (Å²) in [6.45, 7) is 5.66. The molecule has 2 heterocycles. The average molecular weight is 466 g/mol. The summed E-state index contributed by atoms with van der Waals surface area (Å²) < 4.78 is 11.6. The molecular weight excluding hydrogens is 444 g/mol. The van der Waals surface area contributed by atoms with Gasteiger partial charge in [-0.15, -0.1) is 0 Å². The van der Waals surface area contributed by atoms with E-state index in [4.69, 9.17) is 8.83 Å². The van der Waals surface area contributed by atoms with Gasteiger partial charge in [-0.3, -0.25) is 14.4 Å². The molecule has 0 radical (unpaired) electrons. The van der Waals surface area contributed by atoms with Gasteiger partial charge in [0.25, 0.3) is 11.8 Å². The molecule has 0 atom stereocenters. The molecule has 0 aliphatic carbocycles. The lowest BCUT2D eigenvalue weighted by Crippen LogP contribution is -2.18. The summed E-state index contributed by atoms with van der Waals surface area (Å²) in [6.07, 6.45) is 0. The Morgan fingerprint density at radius 2 is 1.49 bits per heavy atom. The molecule has 2 aromatic heterocycles. The van der Waals surface area contributed by atoms with Crippen molar-refractivity contribution in [2.24, 2.45) is 0 Å². The molecule has 174 valence electrons. The second-order valence-corrected chi connectivity index (χ2v) is 8.51. The van der Waals surface area contributed by atoms with Crippen molar-refractivity contribution in [2.75, 3.05) is 10.6 Å². The van der Waals surface area contributed by atoms with Crippen LogP contribution in [-0.2, 0) is 0 Å². The highest BCUT2D eigenvalue weighted by Gasteiger charge is 2.24. The normalized spacial score (nSPS) is 11.1. The number of carbonyl (C=O) groups is 2. The van der Waals surface area contributed by atoms with Crippen molar-refractivity contribution in [3.05, 3.63) is 105 Å². The van der Waals surface area contributed by atoms with Crippen molar-refractivity contribution >= 4 is 45.1 Å². The van der Waals surface area contributed by atoms with E-state index in [0.717, 1.165) is 22.8 Å². The molecule has 2 amide bonds. The van der Waals surface area contributed by atoms with E-state index in [1.807, 2.05) is 39.0 Å². The summed E-state index contributed by atoms with van der Waals surface area (Å²) in [6, 6.07) is 19.1. The zero-order valence-electron chi connectivity index (χ0n) is 19.4. The lowest BCUT2D eigenvalue weighted by atomic mass is 10.1. The fraction of sp³-hybridized carbons (Fsp3) is 0.107. The fourth-order valence-electron chi connectivity index (χ4n) is 4.05. The minimum Gasteiger partial charge on any atom is -0.450 e. The van der Waals surface area contributed by atoms with E-state index in [2.05, 4.69) is 10.6 Å². The molecule has 0 fully saturated rings. The molecule has 5 rings (SSSR count). The highest BCUT2D eigenvalue weighted by atomic mass is 16.4. The maximum atomic E-state index is 13.2. The molecule has 0 aliphatic heterocycles. The van der Waals surface area contributed by atoms with Crippen molar-refractivity contribution < 1.29 is 18.4 Å². The Kier molecular flexibility index (Phi) is 5.45. The van der Waals surface area contributed by atoms with Crippen LogP contribution in [0.4, 0.5) is 11.4 Å². The van der Waals surface area contributed by atoms with Gasteiger partial charge in [0.1, 0.15) is 16.9 Å². The van der Waals surface area contributed by atoms with Crippen LogP contribution in [0.3, 0.4) is 0 Å². The van der Waals surface area contributed by atoms with Gasteiger partial charge in [0.2, 0.25) is 5.76 Å². The molecule has 7 heteroatoms. The largest absolute Gasteiger partial charge is 0.450 e. The van der Waals surface area contributed by atoms with Gasteiger partial charge in [0.15, 0.2) is 11.2 Å². The topological polar surface area (TPSA) is 102 Å². The third-order valence-corrected chi connectivity index (χ3v) is 5.73. The Balaban J connectivity index is 1.53. The molecule has 0 bridgehead atoms. The Morgan fingerprint density at radius 1 is 0.743 bits per heavy atom. The second-order valence-electron chi connectivity index (χ2n) is 8.51. The number of fused-ring (bicyclic) bond motifs is 2. The van der Waals surface area contributed by atoms with Crippen LogP contribution in [0.2, 0.25) is 0 Å². The predicted molar refractivity (Wildman–Crippen MR) is 135 cm³/mol. The Bertz CT molecular complexity index is 1680. The molecule has 0 saturated heterocycles. The average Bonchev–Trinajstić information content (AvgIpc) is 3.19. The van der Waals surface area contributed by atoms with Gasteiger partial charge in [-0.2, -0.15) is 0 Å². The number of benzene rings is 3. The minimum absolute atomic E-state index is 0.0601. The van der Waals surface area contributed by atoms with Crippen LogP contribution in [0.15, 0.2) is 80.4 Å². The van der Waals surface area contributed by atoms with Crippen molar-refractivity contribution in [3.8, 4) is 0 Å². The van der Waals surface area contributed by atoms with Crippen LogP contribution in [0.1, 0.15) is 37.8 Å². The molecular formula is C28H22N2O5. The van der Waals surface area contributed by atoms with Crippen molar-refractivity contribution in [1.29, 1.82) is 0 Å². The van der Waals surface area contributed by atoms with Crippen LogP contribution in [0.5, 0.6) is 0 Å². The maximum Gasteiger partial charge on any atom is 0.293 e. The van der Waals surface area contributed by atoms with Crippen molar-refractivity contribution in [2.45, 2.75) is 20.8 Å². The minimum atomic E-state index is -0.667. The first-order valence-corrected chi connectivity index (χ1v) is 11.1. The van der Waals surface area contributed by atoms with Crippen LogP contribution in [0, 0.1) is 20.8 Å². The number of hydrogen-bond donors (Lipinski definition) is 2. The van der Waals surface area contributed by atoms with Gasteiger partial charge in [0, 0.05) is 17.1 Å². The fourth-order valence-corrected chi connectivity index (χ4v) is 4.05. The Labute approximate surface area is 200 Å². The van der Waals surface area contributed by atoms with Crippen LogP contribution in [-0.4, -0.2) is 11.8 Å². The van der Waals surface area contributed by atoms with E-state index in [0.29, 0.717) is 27.6 Å². The zero-order valence-corrected chi connectivity index (χ0v) is 19.4. The van der Waals surface area contributed by atoms with E-state index < -0.39 is 11.8 Å². The number of anilines is 2. The molecule has 2 N–H and O–H groups in total. The first-order chi connectivity index (χ1) is 16.8. The summed E-state index contributed by atoms with van der Waals surface area (Å²) in [5.74, 6) is -1.41. The molecule has 5 aromatic rings. The first kappa shape index (κ1) is 22.2. The zero-order chi connectivity index (χ0) is 24.7. The first-order valence-electron chi connectivity index (χ1n) is 11.1. The van der Waals surface area contributed by atoms with Gasteiger partial charge in [-0.1, -0.05) is 35.9 Å².